The number of carbonyl (C=O) groups is 4. The number of aromatic amines is 1. The van der Waals surface area contributed by atoms with Crippen LogP contribution in [-0.4, -0.2) is 79.2 Å². The van der Waals surface area contributed by atoms with Gasteiger partial charge in [-0.05, 0) is 30.5 Å². The summed E-state index contributed by atoms with van der Waals surface area (Å²) >= 11 is 0. The lowest BCUT2D eigenvalue weighted by atomic mass is 9.96. The molecule has 1 aromatic heterocycles. The number of amides is 3. The normalized spacial score (nSPS) is 15.8. The molecule has 1 aromatic carbocycles. The van der Waals surface area contributed by atoms with Gasteiger partial charge in [0.1, 0.15) is 23.9 Å². The van der Waals surface area contributed by atoms with E-state index in [1.165, 1.54) is 43.7 Å². The predicted octanol–water partition coefficient (Wildman–Crippen LogP) is -0.806. The molecule has 0 aliphatic carbocycles. The summed E-state index contributed by atoms with van der Waals surface area (Å²) in [6.07, 6.45) is 2.16. The maximum absolute atomic E-state index is 13.1. The Morgan fingerprint density at radius 2 is 1.58 bits per heavy atom. The van der Waals surface area contributed by atoms with Crippen molar-refractivity contribution in [2.24, 2.45) is 11.7 Å². The van der Waals surface area contributed by atoms with Crippen LogP contribution in [0.1, 0.15) is 38.4 Å². The van der Waals surface area contributed by atoms with Gasteiger partial charge in [-0.15, -0.1) is 0 Å². The number of aliphatic hydroxyl groups is 1. The number of benzene rings is 1. The first-order valence-corrected chi connectivity index (χ1v) is 12.3. The first-order chi connectivity index (χ1) is 17.9. The molecule has 0 saturated heterocycles. The van der Waals surface area contributed by atoms with Crippen molar-refractivity contribution in [3.05, 3.63) is 48.0 Å². The molecule has 0 aliphatic rings. The smallest absolute Gasteiger partial charge is 0.326 e. The van der Waals surface area contributed by atoms with Gasteiger partial charge in [0.25, 0.3) is 0 Å². The van der Waals surface area contributed by atoms with Crippen LogP contribution in [0.25, 0.3) is 0 Å². The van der Waals surface area contributed by atoms with E-state index >= 15 is 0 Å². The van der Waals surface area contributed by atoms with Gasteiger partial charge in [-0.25, -0.2) is 9.78 Å². The maximum atomic E-state index is 13.1. The Balaban J connectivity index is 2.11. The van der Waals surface area contributed by atoms with E-state index in [-0.39, 0.29) is 18.6 Å². The van der Waals surface area contributed by atoms with Gasteiger partial charge < -0.3 is 42.0 Å². The fourth-order valence-corrected chi connectivity index (χ4v) is 3.67. The van der Waals surface area contributed by atoms with Gasteiger partial charge in [0.05, 0.1) is 18.5 Å². The Morgan fingerprint density at radius 3 is 2.11 bits per heavy atom. The van der Waals surface area contributed by atoms with E-state index in [0.29, 0.717) is 17.7 Å². The number of phenols is 1. The number of H-pyrrole nitrogens is 1. The minimum atomic E-state index is -1.41. The monoisotopic (exact) mass is 532 g/mol. The van der Waals surface area contributed by atoms with Crippen molar-refractivity contribution >= 4 is 23.7 Å². The third kappa shape index (κ3) is 8.85. The first kappa shape index (κ1) is 30.3. The summed E-state index contributed by atoms with van der Waals surface area (Å²) in [5, 5.41) is 36.7. The predicted molar refractivity (Wildman–Crippen MR) is 137 cm³/mol. The Labute approximate surface area is 220 Å². The van der Waals surface area contributed by atoms with Crippen LogP contribution in [0.5, 0.6) is 5.75 Å². The fraction of sp³-hybridized carbons (Fsp3) is 0.480. The number of imidazole rings is 1. The van der Waals surface area contributed by atoms with Crippen molar-refractivity contribution in [1.82, 2.24) is 25.9 Å². The van der Waals surface area contributed by atoms with Crippen molar-refractivity contribution in [2.75, 3.05) is 0 Å². The molecule has 13 nitrogen and oxygen atoms in total. The Hall–Kier alpha value is -3.97. The topological polar surface area (TPSA) is 220 Å². The molecule has 6 atom stereocenters. The summed E-state index contributed by atoms with van der Waals surface area (Å²) in [6.45, 7) is 4.81. The molecule has 13 heteroatoms. The molecule has 208 valence electrons. The van der Waals surface area contributed by atoms with E-state index in [4.69, 9.17) is 5.73 Å². The molecular weight excluding hydrogens is 496 g/mol. The highest BCUT2D eigenvalue weighted by Gasteiger charge is 2.34. The zero-order valence-corrected chi connectivity index (χ0v) is 21.5. The van der Waals surface area contributed by atoms with Crippen LogP contribution in [0.15, 0.2) is 36.8 Å². The fourth-order valence-electron chi connectivity index (χ4n) is 3.67. The number of hydrogen-bond donors (Lipinski definition) is 8. The van der Waals surface area contributed by atoms with Crippen LogP contribution in [0.2, 0.25) is 0 Å². The Morgan fingerprint density at radius 1 is 0.974 bits per heavy atom. The summed E-state index contributed by atoms with van der Waals surface area (Å²) in [7, 11) is 0. The summed E-state index contributed by atoms with van der Waals surface area (Å²) in [6, 6.07) is 0.995. The largest absolute Gasteiger partial charge is 0.508 e. The second kappa shape index (κ2) is 14.1. The van der Waals surface area contributed by atoms with E-state index < -0.39 is 59.9 Å². The van der Waals surface area contributed by atoms with Crippen molar-refractivity contribution in [1.29, 1.82) is 0 Å². The molecule has 38 heavy (non-hydrogen) atoms. The van der Waals surface area contributed by atoms with Gasteiger partial charge in [0.15, 0.2) is 0 Å². The number of aromatic nitrogens is 2. The molecule has 3 amide bonds. The molecule has 0 saturated carbocycles. The molecule has 6 unspecified atom stereocenters. The summed E-state index contributed by atoms with van der Waals surface area (Å²) in [4.78, 5) is 57.3. The lowest BCUT2D eigenvalue weighted by Crippen LogP contribution is -2.61. The van der Waals surface area contributed by atoms with Gasteiger partial charge in [0, 0.05) is 24.7 Å². The quantitative estimate of drug-likeness (QED) is 0.152. The van der Waals surface area contributed by atoms with Gasteiger partial charge in [-0.1, -0.05) is 32.4 Å². The van der Waals surface area contributed by atoms with Gasteiger partial charge in [-0.3, -0.25) is 14.4 Å². The van der Waals surface area contributed by atoms with E-state index in [1.54, 1.807) is 13.8 Å². The number of hydrogen-bond acceptors (Lipinski definition) is 8. The Kier molecular flexibility index (Phi) is 11.2. The highest BCUT2D eigenvalue weighted by atomic mass is 16.4. The first-order valence-electron chi connectivity index (χ1n) is 12.3. The number of carbonyl (C=O) groups excluding carboxylic acids is 3. The third-order valence-corrected chi connectivity index (χ3v) is 6.18. The molecule has 0 aliphatic heterocycles. The number of nitrogens with zero attached hydrogens (tertiary/aromatic N) is 1. The lowest BCUT2D eigenvalue weighted by molar-refractivity contribution is -0.142. The minimum Gasteiger partial charge on any atom is -0.508 e. The number of aliphatic carboxylic acids is 1. The van der Waals surface area contributed by atoms with Crippen LogP contribution in [0, 0.1) is 5.92 Å². The summed E-state index contributed by atoms with van der Waals surface area (Å²) in [5.74, 6) is -3.91. The van der Waals surface area contributed by atoms with Crippen molar-refractivity contribution in [2.45, 2.75) is 70.3 Å². The van der Waals surface area contributed by atoms with E-state index in [1.807, 2.05) is 0 Å². The van der Waals surface area contributed by atoms with Crippen molar-refractivity contribution in [3.63, 3.8) is 0 Å². The van der Waals surface area contributed by atoms with Crippen molar-refractivity contribution in [3.8, 4) is 5.75 Å². The number of rotatable bonds is 14. The number of phenolic OH excluding ortho intramolecular Hbond substituents is 1. The zero-order chi connectivity index (χ0) is 28.4. The van der Waals surface area contributed by atoms with E-state index in [9.17, 15) is 34.5 Å². The number of carboxylic acids is 1. The van der Waals surface area contributed by atoms with Crippen LogP contribution < -0.4 is 21.7 Å². The second-order valence-electron chi connectivity index (χ2n) is 9.26. The zero-order valence-electron chi connectivity index (χ0n) is 21.5. The standard InChI is InChI=1S/C25H36N6O7/c1-4-13(2)20(23(35)29-19(25(37)38)9-15-5-7-17(33)8-6-15)30-24(36)21(14(3)32)31-22(34)18(26)10-16-11-27-12-28-16/h5-8,11-14,18-21,32-33H,4,9-10,26H2,1-3H3,(H,27,28)(H,29,35)(H,30,36)(H,31,34)(H,37,38). The third-order valence-electron chi connectivity index (χ3n) is 6.18. The van der Waals surface area contributed by atoms with Crippen LogP contribution >= 0.6 is 0 Å². The van der Waals surface area contributed by atoms with Gasteiger partial charge >= 0.3 is 5.97 Å². The molecule has 2 aromatic rings. The minimum absolute atomic E-state index is 0.0197. The van der Waals surface area contributed by atoms with Gasteiger partial charge in [0.2, 0.25) is 17.7 Å². The molecule has 0 fully saturated rings. The summed E-state index contributed by atoms with van der Waals surface area (Å²) in [5.41, 5.74) is 7.11. The van der Waals surface area contributed by atoms with E-state index in [2.05, 4.69) is 25.9 Å². The highest BCUT2D eigenvalue weighted by Crippen LogP contribution is 2.13. The average Bonchev–Trinajstić information content (AvgIpc) is 3.38. The number of aromatic hydroxyl groups is 1. The average molecular weight is 533 g/mol. The summed E-state index contributed by atoms with van der Waals surface area (Å²) < 4.78 is 0. The lowest BCUT2D eigenvalue weighted by Gasteiger charge is -2.29. The number of aliphatic hydroxyl groups excluding tert-OH is 1. The second-order valence-corrected chi connectivity index (χ2v) is 9.26. The maximum Gasteiger partial charge on any atom is 0.326 e. The molecule has 1 heterocycles. The Bertz CT molecular complexity index is 1070. The molecule has 9 N–H and O–H groups in total. The highest BCUT2D eigenvalue weighted by molar-refractivity contribution is 5.94. The van der Waals surface area contributed by atoms with Crippen molar-refractivity contribution < 1.29 is 34.5 Å². The number of nitrogens with one attached hydrogen (secondary N) is 4. The molecular formula is C25H36N6O7. The number of carboxylic acid groups (broad SMARTS) is 1. The molecule has 0 spiro atoms. The van der Waals surface area contributed by atoms with Crippen LogP contribution in [-0.2, 0) is 32.0 Å². The molecule has 0 bridgehead atoms. The van der Waals surface area contributed by atoms with Gasteiger partial charge in [-0.2, -0.15) is 0 Å². The van der Waals surface area contributed by atoms with Crippen LogP contribution in [0.3, 0.4) is 0 Å². The van der Waals surface area contributed by atoms with E-state index in [0.717, 1.165) is 0 Å². The molecule has 2 rings (SSSR count). The molecule has 0 radical (unpaired) electrons. The number of nitrogens with two attached hydrogens (primary N) is 1. The van der Waals surface area contributed by atoms with Crippen LogP contribution in [0.4, 0.5) is 0 Å². The SMILES string of the molecule is CCC(C)C(NC(=O)C(NC(=O)C(N)Cc1cnc[nH]1)C(C)O)C(=O)NC(Cc1ccc(O)cc1)C(=O)O.